The van der Waals surface area contributed by atoms with Crippen LogP contribution in [-0.4, -0.2) is 0 Å². The third kappa shape index (κ3) is 2.33. The Morgan fingerprint density at radius 3 is 1.00 bits per heavy atom. The van der Waals surface area contributed by atoms with E-state index in [1.54, 1.807) is 0 Å². The number of hydrogen-bond donors (Lipinski definition) is 0. The zero-order chi connectivity index (χ0) is 15.6. The summed E-state index contributed by atoms with van der Waals surface area (Å²) >= 11 is 50.7. The first-order chi connectivity index (χ1) is 9.77. The lowest BCUT2D eigenvalue weighted by molar-refractivity contribution is 1.81. The minimum atomic E-state index is 0.147. The molecule has 21 heavy (non-hydrogen) atoms. The molecule has 1 heterocycles. The maximum Gasteiger partial charge on any atom is 0.0808 e. The van der Waals surface area contributed by atoms with E-state index in [-0.39, 0.29) is 40.2 Å². The van der Waals surface area contributed by atoms with E-state index in [4.69, 9.17) is 92.8 Å². The number of thiophene rings is 1. The molecule has 3 rings (SSSR count). The second-order valence-electron chi connectivity index (χ2n) is 4.02. The minimum Gasteiger partial charge on any atom is -0.132 e. The molecule has 1 aromatic heterocycles. The van der Waals surface area contributed by atoms with Crippen molar-refractivity contribution in [1.82, 2.24) is 0 Å². The van der Waals surface area contributed by atoms with Crippen LogP contribution in [-0.2, 0) is 0 Å². The van der Waals surface area contributed by atoms with E-state index < -0.39 is 0 Å². The monoisotopic (exact) mass is 456 g/mol. The lowest BCUT2D eigenvalue weighted by Crippen LogP contribution is -1.80. The normalized spacial score (nSPS) is 11.8. The molecule has 0 aliphatic heterocycles. The van der Waals surface area contributed by atoms with Crippen LogP contribution in [0, 0.1) is 0 Å². The van der Waals surface area contributed by atoms with Crippen molar-refractivity contribution in [3.63, 3.8) is 0 Å². The Labute approximate surface area is 163 Å². The highest BCUT2D eigenvalue weighted by Crippen LogP contribution is 2.54. The van der Waals surface area contributed by atoms with Gasteiger partial charge in [0.25, 0.3) is 0 Å². The van der Waals surface area contributed by atoms with Crippen molar-refractivity contribution in [1.29, 1.82) is 0 Å². The molecule has 0 saturated heterocycles. The van der Waals surface area contributed by atoms with Gasteiger partial charge in [-0.25, -0.2) is 0 Å². The number of halogens is 8. The van der Waals surface area contributed by atoms with Gasteiger partial charge in [0.1, 0.15) is 0 Å². The summed E-state index contributed by atoms with van der Waals surface area (Å²) in [7, 11) is 0. The quantitative estimate of drug-likeness (QED) is 0.232. The average molecular weight is 460 g/mol. The van der Waals surface area contributed by atoms with Crippen molar-refractivity contribution < 1.29 is 0 Å². The van der Waals surface area contributed by atoms with Crippen LogP contribution in [0.15, 0.2) is 0 Å². The van der Waals surface area contributed by atoms with E-state index in [2.05, 4.69) is 0 Å². The van der Waals surface area contributed by atoms with Crippen LogP contribution in [0.25, 0.3) is 20.2 Å². The van der Waals surface area contributed by atoms with E-state index in [0.717, 1.165) is 0 Å². The Balaban J connectivity index is 2.73. The van der Waals surface area contributed by atoms with Gasteiger partial charge in [0.15, 0.2) is 0 Å². The Kier molecular flexibility index (Phi) is 4.65. The molecule has 0 spiro atoms. The van der Waals surface area contributed by atoms with Crippen LogP contribution >= 0.6 is 104 Å². The summed E-state index contributed by atoms with van der Waals surface area (Å²) in [5.74, 6) is 0. The van der Waals surface area contributed by atoms with Gasteiger partial charge >= 0.3 is 0 Å². The summed E-state index contributed by atoms with van der Waals surface area (Å²) in [6, 6.07) is 0. The molecule has 0 nitrogen and oxygen atoms in total. The largest absolute Gasteiger partial charge is 0.132 e. The lowest BCUT2D eigenvalue weighted by Gasteiger charge is -2.07. The summed E-state index contributed by atoms with van der Waals surface area (Å²) in [4.78, 5) is 0. The summed E-state index contributed by atoms with van der Waals surface area (Å²) in [5, 5.41) is 2.79. The molecule has 0 fully saturated rings. The number of benzene rings is 2. The van der Waals surface area contributed by atoms with Gasteiger partial charge in [0, 0.05) is 10.8 Å². The first-order valence-electron chi connectivity index (χ1n) is 5.17. The maximum atomic E-state index is 6.29. The van der Waals surface area contributed by atoms with Gasteiger partial charge in [-0.2, -0.15) is 0 Å². The van der Waals surface area contributed by atoms with Gasteiger partial charge in [0.2, 0.25) is 0 Å². The van der Waals surface area contributed by atoms with E-state index in [9.17, 15) is 0 Å². The topological polar surface area (TPSA) is 0 Å². The molecule has 110 valence electrons. The van der Waals surface area contributed by atoms with Crippen LogP contribution in [0.3, 0.4) is 0 Å². The second-order valence-corrected chi connectivity index (χ2v) is 8.07. The molecule has 9 heteroatoms. The van der Waals surface area contributed by atoms with Crippen LogP contribution in [0.1, 0.15) is 0 Å². The summed E-state index contributed by atoms with van der Waals surface area (Å²) in [5.41, 5.74) is 0. The Hall–Kier alpha value is 0.980. The van der Waals surface area contributed by atoms with Gasteiger partial charge in [0.05, 0.1) is 49.6 Å². The molecule has 0 aliphatic carbocycles. The fourth-order valence-electron chi connectivity index (χ4n) is 1.96. The highest BCUT2D eigenvalue weighted by molar-refractivity contribution is 7.27. The highest BCUT2D eigenvalue weighted by Gasteiger charge is 2.25. The zero-order valence-corrected chi connectivity index (χ0v) is 16.3. The van der Waals surface area contributed by atoms with Crippen molar-refractivity contribution in [3.05, 3.63) is 40.2 Å². The molecular weight excluding hydrogens is 460 g/mol. The Bertz CT molecular complexity index is 853. The Morgan fingerprint density at radius 1 is 0.381 bits per heavy atom. The third-order valence-electron chi connectivity index (χ3n) is 2.90. The van der Waals surface area contributed by atoms with Gasteiger partial charge in [-0.3, -0.25) is 0 Å². The van der Waals surface area contributed by atoms with Crippen molar-refractivity contribution >= 4 is 124 Å². The SMILES string of the molecule is Clc1c(Cl)c(Cl)c2c(sc3c(Cl)c(Cl)c(Cl)c(Cl)c32)c1Cl. The van der Waals surface area contributed by atoms with Crippen molar-refractivity contribution in [2.45, 2.75) is 0 Å². The van der Waals surface area contributed by atoms with Crippen LogP contribution in [0.4, 0.5) is 0 Å². The van der Waals surface area contributed by atoms with Crippen LogP contribution in [0.2, 0.25) is 40.2 Å². The van der Waals surface area contributed by atoms with E-state index in [1.807, 2.05) is 0 Å². The molecule has 0 atom stereocenters. The van der Waals surface area contributed by atoms with E-state index in [0.29, 0.717) is 20.2 Å². The highest BCUT2D eigenvalue weighted by atomic mass is 35.5. The zero-order valence-electron chi connectivity index (χ0n) is 9.43. The van der Waals surface area contributed by atoms with Crippen molar-refractivity contribution in [2.75, 3.05) is 0 Å². The molecule has 0 saturated carbocycles. The summed E-state index contributed by atoms with van der Waals surface area (Å²) in [6.07, 6.45) is 0. The smallest absolute Gasteiger partial charge is 0.0808 e. The standard InChI is InChI=1S/C12Cl8S/c13-3-1-2-4(14)6(16)8(18)10(20)12(2)21-11(1)9(19)7(17)5(3)15. The maximum absolute atomic E-state index is 6.29. The van der Waals surface area contributed by atoms with Gasteiger partial charge in [-0.05, 0) is 0 Å². The number of fused-ring (bicyclic) bond motifs is 3. The van der Waals surface area contributed by atoms with E-state index in [1.165, 1.54) is 11.3 Å². The third-order valence-corrected chi connectivity index (χ3v) is 7.96. The number of rotatable bonds is 0. The molecule has 0 N–H and O–H groups in total. The predicted molar refractivity (Wildman–Crippen MR) is 99.4 cm³/mol. The fraction of sp³-hybridized carbons (Fsp3) is 0. The lowest BCUT2D eigenvalue weighted by atomic mass is 10.1. The molecule has 0 radical (unpaired) electrons. The molecule has 0 amide bonds. The molecule has 0 bridgehead atoms. The first kappa shape index (κ1) is 16.8. The molecule has 2 aromatic carbocycles. The van der Waals surface area contributed by atoms with E-state index >= 15 is 0 Å². The molecular formula is C12Cl8S. The number of hydrogen-bond acceptors (Lipinski definition) is 1. The minimum absolute atomic E-state index is 0.147. The van der Waals surface area contributed by atoms with Crippen molar-refractivity contribution in [2.24, 2.45) is 0 Å². The van der Waals surface area contributed by atoms with Gasteiger partial charge in [-0.15, -0.1) is 11.3 Å². The van der Waals surface area contributed by atoms with Crippen LogP contribution in [0.5, 0.6) is 0 Å². The molecule has 0 unspecified atom stereocenters. The second kappa shape index (κ2) is 5.81. The van der Waals surface area contributed by atoms with Crippen molar-refractivity contribution in [3.8, 4) is 0 Å². The molecule has 0 aliphatic rings. The predicted octanol–water partition coefficient (Wildman–Crippen LogP) is 9.28. The molecule has 3 aromatic rings. The fourth-order valence-corrected chi connectivity index (χ4v) is 5.51. The average Bonchev–Trinajstić information content (AvgIpc) is 2.87. The Morgan fingerprint density at radius 2 is 0.667 bits per heavy atom. The summed E-state index contributed by atoms with van der Waals surface area (Å²) < 4.78 is 1.24. The van der Waals surface area contributed by atoms with Crippen LogP contribution < -0.4 is 0 Å². The van der Waals surface area contributed by atoms with Gasteiger partial charge in [-0.1, -0.05) is 92.8 Å². The van der Waals surface area contributed by atoms with Gasteiger partial charge < -0.3 is 0 Å². The summed E-state index contributed by atoms with van der Waals surface area (Å²) in [6.45, 7) is 0. The first-order valence-corrected chi connectivity index (χ1v) is 9.01.